The molecule has 1 aliphatic rings. The Balaban J connectivity index is 1.80. The van der Waals surface area contributed by atoms with Crippen molar-refractivity contribution in [3.8, 4) is 0 Å². The minimum absolute atomic E-state index is 0.0372. The van der Waals surface area contributed by atoms with Crippen molar-refractivity contribution in [3.05, 3.63) is 70.7 Å². The van der Waals surface area contributed by atoms with Gasteiger partial charge in [-0.1, -0.05) is 74.0 Å². The summed E-state index contributed by atoms with van der Waals surface area (Å²) in [5.74, 6) is 0.187. The summed E-state index contributed by atoms with van der Waals surface area (Å²) >= 11 is 7.95. The van der Waals surface area contributed by atoms with Gasteiger partial charge in [-0.15, -0.1) is 11.8 Å². The molecule has 0 radical (unpaired) electrons. The van der Waals surface area contributed by atoms with Crippen LogP contribution in [0.5, 0.6) is 0 Å². The number of nitrogens with one attached hydrogen (secondary N) is 1. The second-order valence-corrected chi connectivity index (χ2v) is 8.35. The summed E-state index contributed by atoms with van der Waals surface area (Å²) in [6.07, 6.45) is 0. The molecule has 0 saturated carbocycles. The Morgan fingerprint density at radius 3 is 2.48 bits per heavy atom. The lowest BCUT2D eigenvalue weighted by Gasteiger charge is -2.31. The third-order valence-electron chi connectivity index (χ3n) is 4.53. The first-order valence-electron chi connectivity index (χ1n) is 8.99. The Bertz CT molecular complexity index is 813. The van der Waals surface area contributed by atoms with Gasteiger partial charge >= 0.3 is 0 Å². The highest BCUT2D eigenvalue weighted by atomic mass is 35.5. The summed E-state index contributed by atoms with van der Waals surface area (Å²) < 4.78 is 0. The van der Waals surface area contributed by atoms with Crippen LogP contribution in [0.2, 0.25) is 5.02 Å². The zero-order valence-corrected chi connectivity index (χ0v) is 17.0. The largest absolute Gasteiger partial charge is 0.350 e. The number of hydrogen-bond donors (Lipinski definition) is 1. The van der Waals surface area contributed by atoms with Gasteiger partial charge in [0.2, 0.25) is 11.8 Å². The van der Waals surface area contributed by atoms with Crippen LogP contribution < -0.4 is 5.32 Å². The van der Waals surface area contributed by atoms with Crippen LogP contribution in [0.1, 0.15) is 30.3 Å². The van der Waals surface area contributed by atoms with E-state index in [0.29, 0.717) is 17.3 Å². The quantitative estimate of drug-likeness (QED) is 0.813. The molecule has 27 heavy (non-hydrogen) atoms. The Hall–Kier alpha value is -1.98. The third kappa shape index (κ3) is 4.47. The summed E-state index contributed by atoms with van der Waals surface area (Å²) in [5.41, 5.74) is 1.90. The zero-order valence-electron chi connectivity index (χ0n) is 15.4. The fourth-order valence-corrected chi connectivity index (χ4v) is 4.87. The third-order valence-corrected chi connectivity index (χ3v) is 6.18. The van der Waals surface area contributed by atoms with Gasteiger partial charge in [0.05, 0.1) is 0 Å². The number of halogens is 1. The van der Waals surface area contributed by atoms with Crippen LogP contribution in [0.15, 0.2) is 54.6 Å². The summed E-state index contributed by atoms with van der Waals surface area (Å²) in [5, 5.41) is 3.34. The van der Waals surface area contributed by atoms with E-state index in [1.807, 2.05) is 68.4 Å². The normalized spacial score (nSPS) is 19.3. The lowest BCUT2D eigenvalue weighted by molar-refractivity contribution is -0.142. The molecule has 2 atom stereocenters. The lowest BCUT2D eigenvalue weighted by Crippen LogP contribution is -2.49. The number of carbonyl (C=O) groups is 2. The molecule has 2 aromatic carbocycles. The molecular weight excluding hydrogens is 380 g/mol. The van der Waals surface area contributed by atoms with Gasteiger partial charge in [-0.3, -0.25) is 9.59 Å². The summed E-state index contributed by atoms with van der Waals surface area (Å²) in [6, 6.07) is 16.8. The van der Waals surface area contributed by atoms with Gasteiger partial charge in [0.15, 0.2) is 0 Å². The Morgan fingerprint density at radius 2 is 1.81 bits per heavy atom. The van der Waals surface area contributed by atoms with Gasteiger partial charge in [-0.05, 0) is 11.6 Å². The van der Waals surface area contributed by atoms with Crippen molar-refractivity contribution in [2.45, 2.75) is 31.8 Å². The number of rotatable bonds is 5. The van der Waals surface area contributed by atoms with E-state index in [1.165, 1.54) is 0 Å². The smallest absolute Gasteiger partial charge is 0.243 e. The predicted octanol–water partition coefficient (Wildman–Crippen LogP) is 4.26. The zero-order chi connectivity index (χ0) is 19.4. The number of carbonyl (C=O) groups excluding carboxylic acids is 2. The molecule has 2 aromatic rings. The minimum Gasteiger partial charge on any atom is -0.350 e. The van der Waals surface area contributed by atoms with Crippen molar-refractivity contribution in [2.24, 2.45) is 5.92 Å². The van der Waals surface area contributed by atoms with Crippen LogP contribution in [-0.2, 0) is 16.1 Å². The SMILES string of the molecule is CC(C)C(=O)N1C(C(=O)NCc2ccccc2)CSC1c1ccccc1Cl. The van der Waals surface area contributed by atoms with Crippen molar-refractivity contribution >= 4 is 35.2 Å². The minimum atomic E-state index is -0.505. The predicted molar refractivity (Wildman–Crippen MR) is 110 cm³/mol. The monoisotopic (exact) mass is 402 g/mol. The number of nitrogens with zero attached hydrogens (tertiary/aromatic N) is 1. The van der Waals surface area contributed by atoms with Gasteiger partial charge in [0.1, 0.15) is 11.4 Å². The molecule has 3 rings (SSSR count). The number of amides is 2. The highest BCUT2D eigenvalue weighted by Gasteiger charge is 2.43. The van der Waals surface area contributed by atoms with E-state index >= 15 is 0 Å². The van der Waals surface area contributed by atoms with Crippen LogP contribution in [0.25, 0.3) is 0 Å². The van der Waals surface area contributed by atoms with Crippen LogP contribution in [-0.4, -0.2) is 28.5 Å². The van der Waals surface area contributed by atoms with E-state index in [-0.39, 0.29) is 23.1 Å². The fourth-order valence-electron chi connectivity index (χ4n) is 3.09. The second-order valence-electron chi connectivity index (χ2n) is 6.83. The first-order chi connectivity index (χ1) is 13.0. The number of hydrogen-bond acceptors (Lipinski definition) is 3. The van der Waals surface area contributed by atoms with E-state index in [0.717, 1.165) is 11.1 Å². The van der Waals surface area contributed by atoms with E-state index in [9.17, 15) is 9.59 Å². The van der Waals surface area contributed by atoms with Crippen molar-refractivity contribution in [1.82, 2.24) is 10.2 Å². The first kappa shape index (κ1) is 19.8. The summed E-state index contributed by atoms with van der Waals surface area (Å²) in [6.45, 7) is 4.16. The molecule has 1 N–H and O–H groups in total. The molecule has 0 spiro atoms. The summed E-state index contributed by atoms with van der Waals surface area (Å²) in [7, 11) is 0. The Kier molecular flexibility index (Phi) is 6.45. The molecule has 1 aliphatic heterocycles. The second kappa shape index (κ2) is 8.81. The van der Waals surface area contributed by atoms with E-state index in [4.69, 9.17) is 11.6 Å². The molecule has 0 aromatic heterocycles. The maximum Gasteiger partial charge on any atom is 0.243 e. The fraction of sp³-hybridized carbons (Fsp3) is 0.333. The van der Waals surface area contributed by atoms with Gasteiger partial charge in [0.25, 0.3) is 0 Å². The molecule has 0 bridgehead atoms. The average Bonchev–Trinajstić information content (AvgIpc) is 3.11. The molecular formula is C21H23ClN2O2S. The van der Waals surface area contributed by atoms with Crippen molar-refractivity contribution < 1.29 is 9.59 Å². The van der Waals surface area contributed by atoms with Crippen LogP contribution in [0.4, 0.5) is 0 Å². The summed E-state index contributed by atoms with van der Waals surface area (Å²) in [4.78, 5) is 27.5. The molecule has 1 heterocycles. The van der Waals surface area contributed by atoms with E-state index < -0.39 is 6.04 Å². The first-order valence-corrected chi connectivity index (χ1v) is 10.4. The molecule has 142 valence electrons. The molecule has 4 nitrogen and oxygen atoms in total. The van der Waals surface area contributed by atoms with Gasteiger partial charge in [0, 0.05) is 28.8 Å². The molecule has 2 unspecified atom stereocenters. The van der Waals surface area contributed by atoms with Gasteiger partial charge < -0.3 is 10.2 Å². The topological polar surface area (TPSA) is 49.4 Å². The van der Waals surface area contributed by atoms with Gasteiger partial charge in [-0.2, -0.15) is 0 Å². The number of thioether (sulfide) groups is 1. The maximum absolute atomic E-state index is 12.9. The Labute approximate surface area is 169 Å². The Morgan fingerprint density at radius 1 is 1.15 bits per heavy atom. The molecule has 1 fully saturated rings. The standard InChI is InChI=1S/C21H23ClN2O2S/c1-14(2)20(26)24-18(19(25)23-12-15-8-4-3-5-9-15)13-27-21(24)16-10-6-7-11-17(16)22/h3-11,14,18,21H,12-13H2,1-2H3,(H,23,25). The lowest BCUT2D eigenvalue weighted by atomic mass is 10.1. The van der Waals surface area contributed by atoms with Crippen molar-refractivity contribution in [1.29, 1.82) is 0 Å². The molecule has 2 amide bonds. The van der Waals surface area contributed by atoms with Crippen LogP contribution >= 0.6 is 23.4 Å². The van der Waals surface area contributed by atoms with E-state index in [1.54, 1.807) is 16.7 Å². The van der Waals surface area contributed by atoms with Crippen molar-refractivity contribution in [2.75, 3.05) is 5.75 Å². The molecule has 6 heteroatoms. The van der Waals surface area contributed by atoms with Crippen molar-refractivity contribution in [3.63, 3.8) is 0 Å². The molecule has 1 saturated heterocycles. The maximum atomic E-state index is 12.9. The highest BCUT2D eigenvalue weighted by molar-refractivity contribution is 7.99. The number of benzene rings is 2. The van der Waals surface area contributed by atoms with Crippen LogP contribution in [0, 0.1) is 5.92 Å². The van der Waals surface area contributed by atoms with Crippen LogP contribution in [0.3, 0.4) is 0 Å². The highest BCUT2D eigenvalue weighted by Crippen LogP contribution is 2.44. The van der Waals surface area contributed by atoms with E-state index in [2.05, 4.69) is 5.32 Å². The average molecular weight is 403 g/mol. The van der Waals surface area contributed by atoms with Gasteiger partial charge in [-0.25, -0.2) is 0 Å². The molecule has 0 aliphatic carbocycles.